The van der Waals surface area contributed by atoms with E-state index in [1.165, 1.54) is 4.90 Å². The maximum Gasteiger partial charge on any atom is 0.289 e. The third kappa shape index (κ3) is 14.8. The first kappa shape index (κ1) is 48.0. The average molecular weight is 853 g/mol. The number of rotatable bonds is 23. The van der Waals surface area contributed by atoms with E-state index in [0.717, 1.165) is 36.6 Å². The Balaban J connectivity index is 1.52. The van der Waals surface area contributed by atoms with Crippen molar-refractivity contribution in [3.63, 3.8) is 0 Å². The monoisotopic (exact) mass is 852 g/mol. The van der Waals surface area contributed by atoms with Crippen molar-refractivity contribution in [3.8, 4) is 0 Å². The molecule has 60 heavy (non-hydrogen) atoms. The van der Waals surface area contributed by atoms with Crippen LogP contribution in [-0.4, -0.2) is 98.3 Å². The van der Waals surface area contributed by atoms with E-state index >= 15 is 0 Å². The summed E-state index contributed by atoms with van der Waals surface area (Å²) in [5, 5.41) is 8.29. The third-order valence-electron chi connectivity index (χ3n) is 11.2. The number of nitrogens with one attached hydrogen (secondary N) is 4. The Labute approximate surface area is 354 Å². The van der Waals surface area contributed by atoms with Crippen LogP contribution in [0.4, 0.5) is 0 Å². The molecule has 330 valence electrons. The van der Waals surface area contributed by atoms with Crippen LogP contribution in [0.15, 0.2) is 60.7 Å². The van der Waals surface area contributed by atoms with Gasteiger partial charge in [0.15, 0.2) is 0 Å². The number of nitrogens with zero attached hydrogens (tertiary/aromatic N) is 1. The number of Topliss-reactive ketones (excluding diaryl/α,β-unsaturated/α-hetero) is 1. The number of carbonyl (C=O) groups excluding carboxylic acids is 6. The van der Waals surface area contributed by atoms with Crippen LogP contribution in [0.5, 0.6) is 0 Å². The van der Waals surface area contributed by atoms with Gasteiger partial charge in [-0.25, -0.2) is 13.1 Å². The number of amides is 5. The van der Waals surface area contributed by atoms with Gasteiger partial charge < -0.3 is 31.3 Å². The molecule has 5 amide bonds. The molecule has 2 fully saturated rings. The van der Waals surface area contributed by atoms with Gasteiger partial charge in [0.1, 0.15) is 18.1 Å². The lowest BCUT2D eigenvalue weighted by atomic mass is 9.83. The molecule has 1 heterocycles. The highest BCUT2D eigenvalue weighted by Crippen LogP contribution is 2.31. The summed E-state index contributed by atoms with van der Waals surface area (Å²) < 4.78 is 33.2. The molecule has 6 N–H and O–H groups in total. The van der Waals surface area contributed by atoms with E-state index in [-0.39, 0.29) is 50.8 Å². The highest BCUT2D eigenvalue weighted by Gasteiger charge is 2.46. The molecule has 4 rings (SSSR count). The molecule has 0 bridgehead atoms. The molecular weight excluding hydrogens is 789 g/mol. The van der Waals surface area contributed by atoms with Gasteiger partial charge in [-0.05, 0) is 61.5 Å². The molecule has 1 aliphatic carbocycles. The normalized spacial score (nSPS) is 19.2. The number of ketones is 1. The standard InChI is InChI=1S/C44H64N6O9S/c1-5-16-35(39(51)43(55)46-24-15-23-34(40(45)52)31-19-11-7-12-20-31)47-42(54)37-26-33(59-28-30-17-9-6-10-18-30)27-50(37)44(56)38(32-21-13-8-14-22-32)48-41(53)36(25-29(2)3)49-60(4,57)58/h6-7,9-12,17-20,29,32-38,49H,5,8,13-16,21-28H2,1-4H3,(H2,45,52)(H,46,55)(H,47,54)(H,48,53)/t33-,34?,35?,36+,37+,38+/m1/s1. The Morgan fingerprint density at radius 2 is 1.53 bits per heavy atom. The lowest BCUT2D eigenvalue weighted by molar-refractivity contribution is -0.144. The number of primary amides is 1. The zero-order valence-electron chi connectivity index (χ0n) is 35.4. The summed E-state index contributed by atoms with van der Waals surface area (Å²) in [7, 11) is -3.77. The van der Waals surface area contributed by atoms with Gasteiger partial charge in [-0.3, -0.25) is 28.8 Å². The third-order valence-corrected chi connectivity index (χ3v) is 11.9. The summed E-state index contributed by atoms with van der Waals surface area (Å²) in [6.07, 6.45) is 6.04. The Morgan fingerprint density at radius 1 is 0.883 bits per heavy atom. The van der Waals surface area contributed by atoms with E-state index in [0.29, 0.717) is 32.1 Å². The molecule has 0 radical (unpaired) electrons. The van der Waals surface area contributed by atoms with Crippen LogP contribution in [-0.2, 0) is 50.1 Å². The SMILES string of the molecule is CCCC(NC(=O)[C@@H]1C[C@@H](OCc2ccccc2)CN1C(=O)[C@@H](NC(=O)[C@H](CC(C)C)NS(C)(=O)=O)C1CCCCC1)C(=O)C(=O)NCCCC(C(N)=O)c1ccccc1. The van der Waals surface area contributed by atoms with Gasteiger partial charge in [0, 0.05) is 19.5 Å². The van der Waals surface area contributed by atoms with E-state index in [4.69, 9.17) is 10.5 Å². The quantitative estimate of drug-likeness (QED) is 0.0817. The maximum atomic E-state index is 14.8. The molecule has 16 heteroatoms. The average Bonchev–Trinajstić information content (AvgIpc) is 3.66. The van der Waals surface area contributed by atoms with Gasteiger partial charge in [0.05, 0.1) is 30.9 Å². The van der Waals surface area contributed by atoms with Crippen molar-refractivity contribution in [2.45, 2.75) is 134 Å². The van der Waals surface area contributed by atoms with E-state index < -0.39 is 81.5 Å². The van der Waals surface area contributed by atoms with Gasteiger partial charge in [-0.1, -0.05) is 107 Å². The predicted octanol–water partition coefficient (Wildman–Crippen LogP) is 3.22. The number of carbonyl (C=O) groups is 6. The number of nitrogens with two attached hydrogens (primary N) is 1. The molecule has 6 atom stereocenters. The van der Waals surface area contributed by atoms with Crippen molar-refractivity contribution in [1.29, 1.82) is 0 Å². The largest absolute Gasteiger partial charge is 0.372 e. The van der Waals surface area contributed by atoms with Crippen molar-refractivity contribution in [1.82, 2.24) is 25.6 Å². The second-order valence-corrected chi connectivity index (χ2v) is 18.4. The van der Waals surface area contributed by atoms with Crippen LogP contribution in [0.3, 0.4) is 0 Å². The minimum absolute atomic E-state index is 0.0298. The summed E-state index contributed by atoms with van der Waals surface area (Å²) in [5.74, 6) is -4.82. The number of sulfonamides is 1. The van der Waals surface area contributed by atoms with Crippen molar-refractivity contribution in [3.05, 3.63) is 71.8 Å². The van der Waals surface area contributed by atoms with Gasteiger partial charge in [0.2, 0.25) is 39.4 Å². The molecule has 1 saturated heterocycles. The molecular formula is C44H64N6O9S. The van der Waals surface area contributed by atoms with Crippen LogP contribution in [0.2, 0.25) is 0 Å². The Hall–Kier alpha value is -4.67. The van der Waals surface area contributed by atoms with Gasteiger partial charge in [-0.15, -0.1) is 0 Å². The molecule has 1 saturated carbocycles. The lowest BCUT2D eigenvalue weighted by Gasteiger charge is -2.35. The highest BCUT2D eigenvalue weighted by atomic mass is 32.2. The fourth-order valence-electron chi connectivity index (χ4n) is 8.16. The van der Waals surface area contributed by atoms with Crippen LogP contribution in [0, 0.1) is 11.8 Å². The molecule has 0 aromatic heterocycles. The van der Waals surface area contributed by atoms with E-state index in [9.17, 15) is 37.2 Å². The Morgan fingerprint density at radius 3 is 2.13 bits per heavy atom. The first-order valence-corrected chi connectivity index (χ1v) is 23.2. The lowest BCUT2D eigenvalue weighted by Crippen LogP contribution is -2.60. The minimum Gasteiger partial charge on any atom is -0.372 e. The summed E-state index contributed by atoms with van der Waals surface area (Å²) >= 11 is 0. The zero-order valence-corrected chi connectivity index (χ0v) is 36.2. The van der Waals surface area contributed by atoms with E-state index in [2.05, 4.69) is 20.7 Å². The van der Waals surface area contributed by atoms with Gasteiger partial charge in [0.25, 0.3) is 5.91 Å². The number of hydrogen-bond acceptors (Lipinski definition) is 9. The van der Waals surface area contributed by atoms with Gasteiger partial charge in [-0.2, -0.15) is 0 Å². The molecule has 2 unspecified atom stereocenters. The Kier molecular flexibility index (Phi) is 18.7. The Bertz CT molecular complexity index is 1860. The van der Waals surface area contributed by atoms with Gasteiger partial charge >= 0.3 is 0 Å². The fraction of sp³-hybridized carbons (Fsp3) is 0.591. The zero-order chi connectivity index (χ0) is 43.8. The summed E-state index contributed by atoms with van der Waals surface area (Å²) in [6.45, 7) is 5.91. The van der Waals surface area contributed by atoms with Crippen LogP contribution in [0.25, 0.3) is 0 Å². The number of hydrogen-bond donors (Lipinski definition) is 5. The second kappa shape index (κ2) is 23.4. The van der Waals surface area contributed by atoms with Crippen LogP contribution >= 0.6 is 0 Å². The van der Waals surface area contributed by atoms with Crippen molar-refractivity contribution < 1.29 is 41.9 Å². The number of ether oxygens (including phenoxy) is 1. The summed E-state index contributed by atoms with van der Waals surface area (Å²) in [4.78, 5) is 83.2. The summed E-state index contributed by atoms with van der Waals surface area (Å²) in [5.41, 5.74) is 7.30. The van der Waals surface area contributed by atoms with Crippen molar-refractivity contribution >= 4 is 45.3 Å². The first-order valence-electron chi connectivity index (χ1n) is 21.3. The highest BCUT2D eigenvalue weighted by molar-refractivity contribution is 7.88. The minimum atomic E-state index is -3.77. The molecule has 1 aliphatic heterocycles. The molecule has 15 nitrogen and oxygen atoms in total. The maximum absolute atomic E-state index is 14.8. The molecule has 2 aromatic carbocycles. The summed E-state index contributed by atoms with van der Waals surface area (Å²) in [6, 6.07) is 14.1. The smallest absolute Gasteiger partial charge is 0.289 e. The van der Waals surface area contributed by atoms with Crippen molar-refractivity contribution in [2.75, 3.05) is 19.3 Å². The molecule has 2 aliphatic rings. The predicted molar refractivity (Wildman–Crippen MR) is 227 cm³/mol. The van der Waals surface area contributed by atoms with Crippen LogP contribution < -0.4 is 26.4 Å². The van der Waals surface area contributed by atoms with Crippen LogP contribution in [0.1, 0.15) is 108 Å². The first-order chi connectivity index (χ1) is 28.6. The fourth-order valence-corrected chi connectivity index (χ4v) is 8.88. The van der Waals surface area contributed by atoms with Crippen molar-refractivity contribution in [2.24, 2.45) is 17.6 Å². The topological polar surface area (TPSA) is 223 Å². The van der Waals surface area contributed by atoms with E-state index in [1.807, 2.05) is 69.3 Å². The number of benzene rings is 2. The van der Waals surface area contributed by atoms with E-state index in [1.54, 1.807) is 12.1 Å². The molecule has 2 aromatic rings. The molecule has 0 spiro atoms. The number of likely N-dealkylation sites (tertiary alicyclic amines) is 1. The second-order valence-electron chi connectivity index (χ2n) is 16.6.